The minimum Gasteiger partial charge on any atom is -0.350 e. The lowest BCUT2D eigenvalue weighted by Crippen LogP contribution is -2.46. The fraction of sp³-hybridized carbons (Fsp3) is 0.917. The number of hydrogen-bond acceptors (Lipinski definition) is 2. The molecule has 0 aromatic carbocycles. The predicted molar refractivity (Wildman–Crippen MR) is 62.7 cm³/mol. The first-order valence-corrected chi connectivity index (χ1v) is 5.91. The van der Waals surface area contributed by atoms with E-state index in [0.29, 0.717) is 12.6 Å². The molecule has 15 heavy (non-hydrogen) atoms. The predicted octanol–water partition coefficient (Wildman–Crippen LogP) is 1.68. The molecule has 88 valence electrons. The molecule has 0 saturated heterocycles. The van der Waals surface area contributed by atoms with Crippen molar-refractivity contribution in [2.75, 3.05) is 6.54 Å². The fourth-order valence-corrected chi connectivity index (χ4v) is 1.67. The summed E-state index contributed by atoms with van der Waals surface area (Å²) in [6, 6.07) is 0.461. The van der Waals surface area contributed by atoms with Crippen molar-refractivity contribution in [1.82, 2.24) is 10.6 Å². The average molecular weight is 212 g/mol. The summed E-state index contributed by atoms with van der Waals surface area (Å²) in [4.78, 5) is 11.5. The van der Waals surface area contributed by atoms with Gasteiger partial charge >= 0.3 is 0 Å². The van der Waals surface area contributed by atoms with E-state index < -0.39 is 0 Å². The van der Waals surface area contributed by atoms with Gasteiger partial charge in [-0.15, -0.1) is 0 Å². The van der Waals surface area contributed by atoms with Crippen molar-refractivity contribution in [3.8, 4) is 0 Å². The summed E-state index contributed by atoms with van der Waals surface area (Å²) in [5, 5.41) is 6.21. The van der Waals surface area contributed by atoms with Crippen molar-refractivity contribution in [2.24, 2.45) is 5.92 Å². The SMILES string of the molecule is CC(CC1CC1)NCC(=O)NC(C)(C)C. The minimum absolute atomic E-state index is 0.0881. The highest BCUT2D eigenvalue weighted by molar-refractivity contribution is 5.78. The van der Waals surface area contributed by atoms with Crippen molar-refractivity contribution >= 4 is 5.91 Å². The van der Waals surface area contributed by atoms with Gasteiger partial charge in [0.05, 0.1) is 6.54 Å². The highest BCUT2D eigenvalue weighted by Gasteiger charge is 2.23. The Balaban J connectivity index is 2.09. The molecule has 1 amide bonds. The molecule has 1 rings (SSSR count). The Morgan fingerprint density at radius 2 is 2.00 bits per heavy atom. The van der Waals surface area contributed by atoms with Crippen LogP contribution < -0.4 is 10.6 Å². The molecule has 0 aliphatic heterocycles. The van der Waals surface area contributed by atoms with Crippen LogP contribution in [-0.2, 0) is 4.79 Å². The summed E-state index contributed by atoms with van der Waals surface area (Å²) in [6.45, 7) is 8.59. The molecule has 1 unspecified atom stereocenters. The van der Waals surface area contributed by atoms with Crippen molar-refractivity contribution in [3.05, 3.63) is 0 Å². The normalized spacial score (nSPS) is 18.7. The van der Waals surface area contributed by atoms with Crippen LogP contribution in [0.1, 0.15) is 47.0 Å². The van der Waals surface area contributed by atoms with Crippen LogP contribution in [-0.4, -0.2) is 24.0 Å². The number of carbonyl (C=O) groups excluding carboxylic acids is 1. The second-order valence-electron chi connectivity index (χ2n) is 5.76. The van der Waals surface area contributed by atoms with Gasteiger partial charge in [0.15, 0.2) is 0 Å². The molecule has 3 nitrogen and oxygen atoms in total. The molecular formula is C12H24N2O. The molecule has 1 saturated carbocycles. The Morgan fingerprint density at radius 1 is 1.40 bits per heavy atom. The molecule has 0 radical (unpaired) electrons. The summed E-state index contributed by atoms with van der Waals surface area (Å²) in [5.74, 6) is 1.00. The largest absolute Gasteiger partial charge is 0.350 e. The zero-order chi connectivity index (χ0) is 11.5. The summed E-state index contributed by atoms with van der Waals surface area (Å²) >= 11 is 0. The topological polar surface area (TPSA) is 41.1 Å². The van der Waals surface area contributed by atoms with E-state index in [1.165, 1.54) is 19.3 Å². The van der Waals surface area contributed by atoms with Gasteiger partial charge in [-0.05, 0) is 40.0 Å². The van der Waals surface area contributed by atoms with E-state index in [4.69, 9.17) is 0 Å². The van der Waals surface area contributed by atoms with Crippen LogP contribution >= 0.6 is 0 Å². The van der Waals surface area contributed by atoms with Gasteiger partial charge in [0.1, 0.15) is 0 Å². The molecule has 1 fully saturated rings. The van der Waals surface area contributed by atoms with Gasteiger partial charge < -0.3 is 10.6 Å². The van der Waals surface area contributed by atoms with Crippen LogP contribution in [0, 0.1) is 5.92 Å². The monoisotopic (exact) mass is 212 g/mol. The van der Waals surface area contributed by atoms with Gasteiger partial charge in [0.2, 0.25) is 5.91 Å². The van der Waals surface area contributed by atoms with Crippen molar-refractivity contribution < 1.29 is 4.79 Å². The quantitative estimate of drug-likeness (QED) is 0.728. The molecule has 1 aliphatic carbocycles. The molecule has 0 bridgehead atoms. The summed E-state index contributed by atoms with van der Waals surface area (Å²) < 4.78 is 0. The first-order chi connectivity index (χ1) is 6.87. The lowest BCUT2D eigenvalue weighted by Gasteiger charge is -2.21. The third kappa shape index (κ3) is 6.50. The van der Waals surface area contributed by atoms with E-state index in [-0.39, 0.29) is 11.4 Å². The molecule has 2 N–H and O–H groups in total. The molecule has 0 aromatic heterocycles. The van der Waals surface area contributed by atoms with E-state index in [1.807, 2.05) is 20.8 Å². The van der Waals surface area contributed by atoms with Gasteiger partial charge in [-0.3, -0.25) is 4.79 Å². The Morgan fingerprint density at radius 3 is 2.47 bits per heavy atom. The zero-order valence-electron chi connectivity index (χ0n) is 10.4. The number of carbonyl (C=O) groups is 1. The van der Waals surface area contributed by atoms with Gasteiger partial charge in [0, 0.05) is 11.6 Å². The maximum atomic E-state index is 11.5. The third-order valence-electron chi connectivity index (χ3n) is 2.51. The zero-order valence-corrected chi connectivity index (χ0v) is 10.4. The first kappa shape index (κ1) is 12.5. The van der Waals surface area contributed by atoms with E-state index in [9.17, 15) is 4.79 Å². The van der Waals surface area contributed by atoms with E-state index >= 15 is 0 Å². The van der Waals surface area contributed by atoms with Crippen LogP contribution in [0.2, 0.25) is 0 Å². The van der Waals surface area contributed by atoms with Crippen molar-refractivity contribution in [2.45, 2.75) is 58.5 Å². The number of nitrogens with one attached hydrogen (secondary N) is 2. The lowest BCUT2D eigenvalue weighted by atomic mass is 10.1. The summed E-state index contributed by atoms with van der Waals surface area (Å²) in [5.41, 5.74) is -0.126. The highest BCUT2D eigenvalue weighted by Crippen LogP contribution is 2.33. The van der Waals surface area contributed by atoms with E-state index in [0.717, 1.165) is 5.92 Å². The third-order valence-corrected chi connectivity index (χ3v) is 2.51. The Labute approximate surface area is 93.0 Å². The second-order valence-corrected chi connectivity index (χ2v) is 5.76. The van der Waals surface area contributed by atoms with Crippen LogP contribution in [0.3, 0.4) is 0 Å². The van der Waals surface area contributed by atoms with Crippen LogP contribution in [0.5, 0.6) is 0 Å². The number of hydrogen-bond donors (Lipinski definition) is 2. The molecule has 1 atom stereocenters. The molecule has 1 aliphatic rings. The number of amides is 1. The Hall–Kier alpha value is -0.570. The summed E-state index contributed by atoms with van der Waals surface area (Å²) in [6.07, 6.45) is 3.96. The standard InChI is InChI=1S/C12H24N2O/c1-9(7-10-5-6-10)13-8-11(15)14-12(2,3)4/h9-10,13H,5-8H2,1-4H3,(H,14,15). The minimum atomic E-state index is -0.126. The van der Waals surface area contributed by atoms with Crippen LogP contribution in [0.4, 0.5) is 0 Å². The van der Waals surface area contributed by atoms with Crippen LogP contribution in [0.15, 0.2) is 0 Å². The maximum absolute atomic E-state index is 11.5. The van der Waals surface area contributed by atoms with Gasteiger partial charge in [0.25, 0.3) is 0 Å². The van der Waals surface area contributed by atoms with E-state index in [1.54, 1.807) is 0 Å². The average Bonchev–Trinajstić information content (AvgIpc) is 2.81. The smallest absolute Gasteiger partial charge is 0.234 e. The van der Waals surface area contributed by atoms with Crippen LogP contribution in [0.25, 0.3) is 0 Å². The summed E-state index contributed by atoms with van der Waals surface area (Å²) in [7, 11) is 0. The van der Waals surface area contributed by atoms with Gasteiger partial charge in [-0.25, -0.2) is 0 Å². The lowest BCUT2D eigenvalue weighted by molar-refractivity contribution is -0.121. The molecule has 0 heterocycles. The molecular weight excluding hydrogens is 188 g/mol. The van der Waals surface area contributed by atoms with Gasteiger partial charge in [-0.2, -0.15) is 0 Å². The van der Waals surface area contributed by atoms with Crippen molar-refractivity contribution in [1.29, 1.82) is 0 Å². The van der Waals surface area contributed by atoms with Crippen molar-refractivity contribution in [3.63, 3.8) is 0 Å². The van der Waals surface area contributed by atoms with E-state index in [2.05, 4.69) is 17.6 Å². The first-order valence-electron chi connectivity index (χ1n) is 5.91. The number of rotatable bonds is 5. The Bertz CT molecular complexity index is 216. The molecule has 3 heteroatoms. The molecule has 0 aromatic rings. The second kappa shape index (κ2) is 4.97. The Kier molecular flexibility index (Phi) is 4.14. The molecule has 0 spiro atoms. The highest BCUT2D eigenvalue weighted by atomic mass is 16.2. The maximum Gasteiger partial charge on any atom is 0.234 e. The van der Waals surface area contributed by atoms with Gasteiger partial charge in [-0.1, -0.05) is 12.8 Å². The fourth-order valence-electron chi connectivity index (χ4n) is 1.67.